The van der Waals surface area contributed by atoms with Gasteiger partial charge in [-0.05, 0) is 31.2 Å². The molecule has 8 heteroatoms. The fourth-order valence-electron chi connectivity index (χ4n) is 1.65. The molecule has 0 aliphatic rings. The van der Waals surface area contributed by atoms with E-state index in [0.29, 0.717) is 17.3 Å². The van der Waals surface area contributed by atoms with Crippen molar-refractivity contribution in [3.63, 3.8) is 0 Å². The smallest absolute Gasteiger partial charge is 0.332 e. The van der Waals surface area contributed by atoms with Crippen LogP contribution in [0.2, 0.25) is 0 Å². The monoisotopic (exact) mass is 337 g/mol. The number of rotatable bonds is 4. The summed E-state index contributed by atoms with van der Waals surface area (Å²) in [6.07, 6.45) is 0. The maximum Gasteiger partial charge on any atom is 0.332 e. The Hall–Kier alpha value is -2.22. The van der Waals surface area contributed by atoms with E-state index in [9.17, 15) is 10.1 Å². The second-order valence-corrected chi connectivity index (χ2v) is 4.88. The summed E-state index contributed by atoms with van der Waals surface area (Å²) in [5.41, 5.74) is 0.873. The highest BCUT2D eigenvalue weighted by Crippen LogP contribution is 2.29. The summed E-state index contributed by atoms with van der Waals surface area (Å²) in [4.78, 5) is 18.8. The summed E-state index contributed by atoms with van der Waals surface area (Å²) >= 11 is 3.33. The molecule has 0 spiro atoms. The molecule has 1 heterocycles. The summed E-state index contributed by atoms with van der Waals surface area (Å²) in [6.45, 7) is 1.58. The molecule has 20 heavy (non-hydrogen) atoms. The largest absolute Gasteiger partial charge is 0.357 e. The lowest BCUT2D eigenvalue weighted by Crippen LogP contribution is -2.07. The van der Waals surface area contributed by atoms with E-state index in [-0.39, 0.29) is 11.5 Å². The maximum atomic E-state index is 11.1. The number of nitrogens with one attached hydrogen (secondary N) is 2. The predicted molar refractivity (Wildman–Crippen MR) is 80.4 cm³/mol. The van der Waals surface area contributed by atoms with Gasteiger partial charge in [0.2, 0.25) is 11.8 Å². The zero-order valence-corrected chi connectivity index (χ0v) is 12.4. The predicted octanol–water partition coefficient (Wildman–Crippen LogP) is 3.24. The number of benzene rings is 1. The van der Waals surface area contributed by atoms with Crippen LogP contribution in [0.25, 0.3) is 0 Å². The van der Waals surface area contributed by atoms with Gasteiger partial charge in [0.05, 0.1) is 4.92 Å². The van der Waals surface area contributed by atoms with E-state index in [0.717, 1.165) is 4.47 Å². The highest BCUT2D eigenvalue weighted by Gasteiger charge is 2.21. The van der Waals surface area contributed by atoms with Crippen LogP contribution in [0, 0.1) is 17.0 Å². The number of nitrogens with zero attached hydrogens (tertiary/aromatic N) is 3. The molecule has 0 unspecified atom stereocenters. The van der Waals surface area contributed by atoms with Crippen LogP contribution in [-0.2, 0) is 0 Å². The van der Waals surface area contributed by atoms with E-state index in [1.807, 2.05) is 12.1 Å². The third kappa shape index (κ3) is 3.02. The van der Waals surface area contributed by atoms with Crippen molar-refractivity contribution < 1.29 is 4.92 Å². The number of nitro groups is 1. The molecule has 104 valence electrons. The number of aromatic nitrogens is 2. The second kappa shape index (κ2) is 5.83. The van der Waals surface area contributed by atoms with Gasteiger partial charge in [-0.25, -0.2) is 4.98 Å². The first kappa shape index (κ1) is 14.2. The van der Waals surface area contributed by atoms with Gasteiger partial charge in [-0.3, -0.25) is 10.1 Å². The van der Waals surface area contributed by atoms with Crippen LogP contribution in [0.5, 0.6) is 0 Å². The number of hydrogen-bond acceptors (Lipinski definition) is 6. The van der Waals surface area contributed by atoms with Crippen molar-refractivity contribution in [3.05, 3.63) is 44.5 Å². The van der Waals surface area contributed by atoms with Crippen LogP contribution in [0.1, 0.15) is 5.69 Å². The van der Waals surface area contributed by atoms with Crippen LogP contribution in [0.3, 0.4) is 0 Å². The van der Waals surface area contributed by atoms with Gasteiger partial charge in [0.15, 0.2) is 0 Å². The van der Waals surface area contributed by atoms with Crippen molar-refractivity contribution in [2.75, 3.05) is 17.7 Å². The molecule has 0 saturated heterocycles. The molecule has 2 aromatic rings. The molecular weight excluding hydrogens is 326 g/mol. The standard InChI is InChI=1S/C12H12BrN5O2/c1-7-10(18(19)20)11(17-12(14-2)15-7)16-9-5-3-8(13)4-6-9/h3-6H,1-2H3,(H2,14,15,16,17). The topological polar surface area (TPSA) is 93.0 Å². The van der Waals surface area contributed by atoms with Gasteiger partial charge in [-0.2, -0.15) is 4.98 Å². The summed E-state index contributed by atoms with van der Waals surface area (Å²) in [6, 6.07) is 7.26. The first-order chi connectivity index (χ1) is 9.51. The molecular formula is C12H12BrN5O2. The Morgan fingerprint density at radius 1 is 1.25 bits per heavy atom. The summed E-state index contributed by atoms with van der Waals surface area (Å²) in [5.74, 6) is 0.488. The third-order valence-corrected chi connectivity index (χ3v) is 3.10. The summed E-state index contributed by atoms with van der Waals surface area (Å²) < 4.78 is 0.923. The van der Waals surface area contributed by atoms with E-state index < -0.39 is 4.92 Å². The molecule has 1 aromatic carbocycles. The molecule has 0 saturated carbocycles. The summed E-state index contributed by atoms with van der Waals surface area (Å²) in [5, 5.41) is 16.9. The van der Waals surface area contributed by atoms with Gasteiger partial charge >= 0.3 is 5.69 Å². The van der Waals surface area contributed by atoms with E-state index in [1.165, 1.54) is 0 Å². The van der Waals surface area contributed by atoms with Crippen LogP contribution in [0.15, 0.2) is 28.7 Å². The SMILES string of the molecule is CNc1nc(C)c([N+](=O)[O-])c(Nc2ccc(Br)cc2)n1. The van der Waals surface area contributed by atoms with Crippen LogP contribution in [-0.4, -0.2) is 21.9 Å². The minimum absolute atomic E-state index is 0.132. The van der Waals surface area contributed by atoms with E-state index >= 15 is 0 Å². The Balaban J connectivity index is 2.45. The van der Waals surface area contributed by atoms with Gasteiger partial charge in [0, 0.05) is 17.2 Å². The molecule has 2 N–H and O–H groups in total. The van der Waals surface area contributed by atoms with Gasteiger partial charge in [-0.1, -0.05) is 15.9 Å². The van der Waals surface area contributed by atoms with Crippen LogP contribution >= 0.6 is 15.9 Å². The van der Waals surface area contributed by atoms with Crippen molar-refractivity contribution >= 4 is 39.1 Å². The zero-order chi connectivity index (χ0) is 14.7. The van der Waals surface area contributed by atoms with Gasteiger partial charge < -0.3 is 10.6 Å². The van der Waals surface area contributed by atoms with Crippen LogP contribution in [0.4, 0.5) is 23.1 Å². The van der Waals surface area contributed by atoms with Crippen molar-refractivity contribution in [2.45, 2.75) is 6.92 Å². The molecule has 0 radical (unpaired) electrons. The molecule has 0 aliphatic heterocycles. The van der Waals surface area contributed by atoms with Crippen molar-refractivity contribution in [1.29, 1.82) is 0 Å². The fraction of sp³-hybridized carbons (Fsp3) is 0.167. The first-order valence-electron chi connectivity index (χ1n) is 5.74. The lowest BCUT2D eigenvalue weighted by Gasteiger charge is -2.09. The molecule has 7 nitrogen and oxygen atoms in total. The minimum Gasteiger partial charge on any atom is -0.357 e. The molecule has 0 amide bonds. The van der Waals surface area contributed by atoms with Gasteiger partial charge in [0.1, 0.15) is 5.69 Å². The van der Waals surface area contributed by atoms with Crippen LogP contribution < -0.4 is 10.6 Å². The molecule has 2 rings (SSSR count). The normalized spacial score (nSPS) is 10.2. The molecule has 0 fully saturated rings. The number of aryl methyl sites for hydroxylation is 1. The Morgan fingerprint density at radius 3 is 2.45 bits per heavy atom. The average molecular weight is 338 g/mol. The molecule has 0 atom stereocenters. The lowest BCUT2D eigenvalue weighted by molar-refractivity contribution is -0.385. The van der Waals surface area contributed by atoms with E-state index in [2.05, 4.69) is 36.5 Å². The zero-order valence-electron chi connectivity index (χ0n) is 10.8. The fourth-order valence-corrected chi connectivity index (χ4v) is 1.92. The first-order valence-corrected chi connectivity index (χ1v) is 6.54. The maximum absolute atomic E-state index is 11.1. The van der Waals surface area contributed by atoms with Crippen molar-refractivity contribution in [1.82, 2.24) is 9.97 Å². The molecule has 0 aliphatic carbocycles. The van der Waals surface area contributed by atoms with Gasteiger partial charge in [-0.15, -0.1) is 0 Å². The average Bonchev–Trinajstić information content (AvgIpc) is 2.40. The Labute approximate surface area is 123 Å². The van der Waals surface area contributed by atoms with E-state index in [4.69, 9.17) is 0 Å². The highest BCUT2D eigenvalue weighted by atomic mass is 79.9. The Bertz CT molecular complexity index is 645. The number of hydrogen-bond donors (Lipinski definition) is 2. The van der Waals surface area contributed by atoms with Gasteiger partial charge in [0.25, 0.3) is 0 Å². The minimum atomic E-state index is -0.490. The van der Waals surface area contributed by atoms with E-state index in [1.54, 1.807) is 26.1 Å². The Morgan fingerprint density at radius 2 is 1.90 bits per heavy atom. The lowest BCUT2D eigenvalue weighted by atomic mass is 10.3. The number of anilines is 3. The molecule has 0 bridgehead atoms. The second-order valence-electron chi connectivity index (χ2n) is 3.97. The third-order valence-electron chi connectivity index (χ3n) is 2.57. The highest BCUT2D eigenvalue weighted by molar-refractivity contribution is 9.10. The summed E-state index contributed by atoms with van der Waals surface area (Å²) in [7, 11) is 1.66. The van der Waals surface area contributed by atoms with Crippen molar-refractivity contribution in [3.8, 4) is 0 Å². The quantitative estimate of drug-likeness (QED) is 0.657. The number of halogens is 1. The van der Waals surface area contributed by atoms with Crippen molar-refractivity contribution in [2.24, 2.45) is 0 Å². The Kier molecular flexibility index (Phi) is 4.14. The molecule has 1 aromatic heterocycles.